The SMILES string of the molecule is C=CC(C=C)=C(C)C(=O)OCC. The maximum atomic E-state index is 11.1. The normalized spacial score (nSPS) is 8.50. The fraction of sp³-hybridized carbons (Fsp3) is 0.300. The Kier molecular flexibility index (Phi) is 4.77. The topological polar surface area (TPSA) is 26.3 Å². The Morgan fingerprint density at radius 2 is 1.92 bits per heavy atom. The minimum absolute atomic E-state index is 0.313. The van der Waals surface area contributed by atoms with Crippen molar-refractivity contribution in [3.63, 3.8) is 0 Å². The quantitative estimate of drug-likeness (QED) is 0.363. The second kappa shape index (κ2) is 5.35. The van der Waals surface area contributed by atoms with Crippen LogP contribution >= 0.6 is 0 Å². The first-order valence-electron chi connectivity index (χ1n) is 3.80. The third-order valence-electron chi connectivity index (χ3n) is 1.45. The van der Waals surface area contributed by atoms with E-state index in [2.05, 4.69) is 13.2 Å². The smallest absolute Gasteiger partial charge is 0.334 e. The molecule has 0 saturated carbocycles. The standard InChI is InChI=1S/C10H14O2/c1-5-9(6-2)8(4)10(11)12-7-3/h5-6H,1-2,7H2,3-4H3. The highest BCUT2D eigenvalue weighted by Crippen LogP contribution is 2.07. The monoisotopic (exact) mass is 166 g/mol. The highest BCUT2D eigenvalue weighted by atomic mass is 16.5. The Bertz CT molecular complexity index is 214. The van der Waals surface area contributed by atoms with Crippen LogP contribution in [0.15, 0.2) is 36.5 Å². The van der Waals surface area contributed by atoms with Crippen LogP contribution in [-0.4, -0.2) is 12.6 Å². The molecule has 0 unspecified atom stereocenters. The Morgan fingerprint density at radius 1 is 1.42 bits per heavy atom. The maximum absolute atomic E-state index is 11.1. The fourth-order valence-electron chi connectivity index (χ4n) is 0.747. The van der Waals surface area contributed by atoms with E-state index in [1.165, 1.54) is 0 Å². The highest BCUT2D eigenvalue weighted by molar-refractivity contribution is 5.89. The molecule has 12 heavy (non-hydrogen) atoms. The average molecular weight is 166 g/mol. The zero-order valence-electron chi connectivity index (χ0n) is 7.59. The molecule has 0 rings (SSSR count). The summed E-state index contributed by atoms with van der Waals surface area (Å²) in [5, 5.41) is 0. The van der Waals surface area contributed by atoms with E-state index < -0.39 is 0 Å². The minimum atomic E-state index is -0.313. The van der Waals surface area contributed by atoms with Gasteiger partial charge in [-0.3, -0.25) is 0 Å². The van der Waals surface area contributed by atoms with E-state index in [1.807, 2.05) is 0 Å². The van der Waals surface area contributed by atoms with Gasteiger partial charge in [-0.15, -0.1) is 0 Å². The van der Waals surface area contributed by atoms with Gasteiger partial charge < -0.3 is 4.74 Å². The van der Waals surface area contributed by atoms with Crippen LogP contribution in [0.25, 0.3) is 0 Å². The number of allylic oxidation sites excluding steroid dienone is 3. The first kappa shape index (κ1) is 10.7. The van der Waals surface area contributed by atoms with Crippen molar-refractivity contribution in [2.24, 2.45) is 0 Å². The van der Waals surface area contributed by atoms with Crippen LogP contribution in [0.3, 0.4) is 0 Å². The first-order valence-corrected chi connectivity index (χ1v) is 3.80. The molecule has 0 atom stereocenters. The van der Waals surface area contributed by atoms with Crippen molar-refractivity contribution >= 4 is 5.97 Å². The fourth-order valence-corrected chi connectivity index (χ4v) is 0.747. The molecule has 66 valence electrons. The summed E-state index contributed by atoms with van der Waals surface area (Å²) in [5.74, 6) is -0.313. The molecule has 0 spiro atoms. The summed E-state index contributed by atoms with van der Waals surface area (Å²) in [6.07, 6.45) is 3.17. The molecule has 0 radical (unpaired) electrons. The lowest BCUT2D eigenvalue weighted by molar-refractivity contribution is -0.138. The first-order chi connectivity index (χ1) is 5.67. The zero-order chi connectivity index (χ0) is 9.56. The van der Waals surface area contributed by atoms with Gasteiger partial charge in [0.25, 0.3) is 0 Å². The van der Waals surface area contributed by atoms with Gasteiger partial charge in [0.15, 0.2) is 0 Å². The van der Waals surface area contributed by atoms with Crippen molar-refractivity contribution in [2.45, 2.75) is 13.8 Å². The third kappa shape index (κ3) is 2.74. The molecular formula is C10H14O2. The van der Waals surface area contributed by atoms with E-state index in [0.29, 0.717) is 17.8 Å². The van der Waals surface area contributed by atoms with Gasteiger partial charge in [0.05, 0.1) is 6.61 Å². The van der Waals surface area contributed by atoms with Crippen LogP contribution in [-0.2, 0) is 9.53 Å². The predicted molar refractivity (Wildman–Crippen MR) is 49.7 cm³/mol. The number of carbonyl (C=O) groups is 1. The molecule has 2 heteroatoms. The number of rotatable bonds is 4. The predicted octanol–water partition coefficient (Wildman–Crippen LogP) is 2.24. The summed E-state index contributed by atoms with van der Waals surface area (Å²) in [6, 6.07) is 0. The van der Waals surface area contributed by atoms with Crippen LogP contribution in [0.4, 0.5) is 0 Å². The molecule has 0 N–H and O–H groups in total. The molecular weight excluding hydrogens is 152 g/mol. The summed E-state index contributed by atoms with van der Waals surface area (Å²) in [4.78, 5) is 11.1. The maximum Gasteiger partial charge on any atom is 0.334 e. The molecule has 0 saturated heterocycles. The summed E-state index contributed by atoms with van der Waals surface area (Å²) in [5.41, 5.74) is 1.26. The Morgan fingerprint density at radius 3 is 2.25 bits per heavy atom. The lowest BCUT2D eigenvalue weighted by Crippen LogP contribution is -2.06. The Labute approximate surface area is 73.2 Å². The largest absolute Gasteiger partial charge is 0.463 e. The Hall–Kier alpha value is -1.31. The van der Waals surface area contributed by atoms with Crippen LogP contribution in [0, 0.1) is 0 Å². The van der Waals surface area contributed by atoms with Gasteiger partial charge in [0.1, 0.15) is 0 Å². The third-order valence-corrected chi connectivity index (χ3v) is 1.45. The summed E-state index contributed by atoms with van der Waals surface area (Å²) < 4.78 is 4.80. The second-order valence-electron chi connectivity index (χ2n) is 2.21. The van der Waals surface area contributed by atoms with E-state index in [0.717, 1.165) is 0 Å². The van der Waals surface area contributed by atoms with Crippen molar-refractivity contribution in [3.05, 3.63) is 36.5 Å². The molecule has 0 fully saturated rings. The summed E-state index contributed by atoms with van der Waals surface area (Å²) >= 11 is 0. The van der Waals surface area contributed by atoms with E-state index in [4.69, 9.17) is 4.74 Å². The van der Waals surface area contributed by atoms with Gasteiger partial charge in [-0.05, 0) is 19.4 Å². The molecule has 0 heterocycles. The summed E-state index contributed by atoms with van der Waals surface area (Å²) in [7, 11) is 0. The van der Waals surface area contributed by atoms with Crippen LogP contribution in [0.2, 0.25) is 0 Å². The van der Waals surface area contributed by atoms with Crippen molar-refractivity contribution < 1.29 is 9.53 Å². The molecule has 0 bridgehead atoms. The highest BCUT2D eigenvalue weighted by Gasteiger charge is 2.06. The van der Waals surface area contributed by atoms with Crippen molar-refractivity contribution in [3.8, 4) is 0 Å². The summed E-state index contributed by atoms with van der Waals surface area (Å²) in [6.45, 7) is 11.0. The van der Waals surface area contributed by atoms with E-state index in [-0.39, 0.29) is 5.97 Å². The zero-order valence-corrected chi connectivity index (χ0v) is 7.59. The lowest BCUT2D eigenvalue weighted by Gasteiger charge is -2.03. The second-order valence-corrected chi connectivity index (χ2v) is 2.21. The number of carbonyl (C=O) groups excluding carboxylic acids is 1. The van der Waals surface area contributed by atoms with E-state index in [9.17, 15) is 4.79 Å². The molecule has 0 aliphatic rings. The molecule has 0 aliphatic heterocycles. The van der Waals surface area contributed by atoms with Crippen LogP contribution in [0.1, 0.15) is 13.8 Å². The van der Waals surface area contributed by atoms with Crippen molar-refractivity contribution in [1.29, 1.82) is 0 Å². The number of hydrogen-bond donors (Lipinski definition) is 0. The molecule has 0 aromatic rings. The van der Waals surface area contributed by atoms with Gasteiger partial charge in [0, 0.05) is 5.57 Å². The van der Waals surface area contributed by atoms with Gasteiger partial charge >= 0.3 is 5.97 Å². The van der Waals surface area contributed by atoms with Gasteiger partial charge in [-0.2, -0.15) is 0 Å². The molecule has 0 aromatic carbocycles. The van der Waals surface area contributed by atoms with E-state index >= 15 is 0 Å². The number of ether oxygens (including phenoxy) is 1. The average Bonchev–Trinajstić information content (AvgIpc) is 2.07. The number of hydrogen-bond acceptors (Lipinski definition) is 2. The number of esters is 1. The van der Waals surface area contributed by atoms with E-state index in [1.54, 1.807) is 26.0 Å². The molecule has 0 amide bonds. The van der Waals surface area contributed by atoms with Crippen molar-refractivity contribution in [1.82, 2.24) is 0 Å². The van der Waals surface area contributed by atoms with Crippen molar-refractivity contribution in [2.75, 3.05) is 6.61 Å². The van der Waals surface area contributed by atoms with Crippen LogP contribution < -0.4 is 0 Å². The Balaban J connectivity index is 4.61. The molecule has 2 nitrogen and oxygen atoms in total. The minimum Gasteiger partial charge on any atom is -0.463 e. The van der Waals surface area contributed by atoms with Crippen LogP contribution in [0.5, 0.6) is 0 Å². The molecule has 0 aliphatic carbocycles. The lowest BCUT2D eigenvalue weighted by atomic mass is 10.1. The van der Waals surface area contributed by atoms with Gasteiger partial charge in [-0.1, -0.05) is 25.3 Å². The van der Waals surface area contributed by atoms with Gasteiger partial charge in [-0.25, -0.2) is 4.79 Å². The van der Waals surface area contributed by atoms with Gasteiger partial charge in [0.2, 0.25) is 0 Å². The molecule has 0 aromatic heterocycles.